The highest BCUT2D eigenvalue weighted by molar-refractivity contribution is 5.84. The lowest BCUT2D eigenvalue weighted by atomic mass is 10.1. The molecule has 0 fully saturated rings. The first-order valence-electron chi connectivity index (χ1n) is 8.47. The molecular formula is C17H33NO3. The normalized spacial score (nSPS) is 13.6. The summed E-state index contributed by atoms with van der Waals surface area (Å²) in [6, 6.07) is -0.486. The zero-order valence-corrected chi connectivity index (χ0v) is 14.5. The highest BCUT2D eigenvalue weighted by atomic mass is 16.5. The highest BCUT2D eigenvalue weighted by Crippen LogP contribution is 2.11. The number of unbranched alkanes of at least 4 members (excludes halogenated alkanes) is 3. The molecule has 0 radical (unpaired) electrons. The number of rotatable bonds is 11. The lowest BCUT2D eigenvalue weighted by molar-refractivity contribution is -0.158. The Hall–Kier alpha value is -1.06. The number of amides is 1. The molecule has 0 N–H and O–H groups in total. The molecule has 0 saturated heterocycles. The van der Waals surface area contributed by atoms with Crippen molar-refractivity contribution in [1.29, 1.82) is 0 Å². The summed E-state index contributed by atoms with van der Waals surface area (Å²) in [5.41, 5.74) is 0. The van der Waals surface area contributed by atoms with Crippen LogP contribution in [0.15, 0.2) is 0 Å². The predicted octanol–water partition coefficient (Wildman–Crippen LogP) is 3.93. The van der Waals surface area contributed by atoms with Crippen LogP contribution in [0.1, 0.15) is 79.6 Å². The molecule has 0 heterocycles. The molecule has 2 unspecified atom stereocenters. The van der Waals surface area contributed by atoms with E-state index in [0.717, 1.165) is 38.5 Å². The quantitative estimate of drug-likeness (QED) is 0.429. The largest absolute Gasteiger partial charge is 0.461 e. The van der Waals surface area contributed by atoms with Crippen LogP contribution < -0.4 is 0 Å². The first kappa shape index (κ1) is 19.9. The van der Waals surface area contributed by atoms with Gasteiger partial charge in [0.25, 0.3) is 0 Å². The average molecular weight is 299 g/mol. The van der Waals surface area contributed by atoms with Gasteiger partial charge in [-0.2, -0.15) is 0 Å². The van der Waals surface area contributed by atoms with Crippen molar-refractivity contribution in [1.82, 2.24) is 4.90 Å². The van der Waals surface area contributed by atoms with Crippen LogP contribution in [-0.4, -0.2) is 35.5 Å². The van der Waals surface area contributed by atoms with Crippen molar-refractivity contribution in [2.24, 2.45) is 0 Å². The summed E-state index contributed by atoms with van der Waals surface area (Å²) < 4.78 is 5.37. The fourth-order valence-corrected chi connectivity index (χ4v) is 2.04. The van der Waals surface area contributed by atoms with Gasteiger partial charge in [-0.3, -0.25) is 4.79 Å². The fourth-order valence-electron chi connectivity index (χ4n) is 2.04. The highest BCUT2D eigenvalue weighted by Gasteiger charge is 2.27. The molecule has 0 saturated carbocycles. The van der Waals surface area contributed by atoms with Crippen LogP contribution >= 0.6 is 0 Å². The molecule has 0 aromatic heterocycles. The van der Waals surface area contributed by atoms with Crippen molar-refractivity contribution in [2.45, 2.75) is 91.7 Å². The number of hydrogen-bond acceptors (Lipinski definition) is 3. The van der Waals surface area contributed by atoms with Gasteiger partial charge in [-0.25, -0.2) is 4.79 Å². The third kappa shape index (κ3) is 8.08. The summed E-state index contributed by atoms with van der Waals surface area (Å²) in [6.45, 7) is 10.5. The summed E-state index contributed by atoms with van der Waals surface area (Å²) in [5, 5.41) is 0. The molecule has 0 aliphatic rings. The SMILES string of the molecule is CCCCCC(=O)N(CCCC)C(C)C(=O)OC(C)CC. The van der Waals surface area contributed by atoms with Gasteiger partial charge >= 0.3 is 5.97 Å². The molecule has 0 bridgehead atoms. The van der Waals surface area contributed by atoms with E-state index in [0.29, 0.717) is 13.0 Å². The van der Waals surface area contributed by atoms with E-state index in [1.165, 1.54) is 0 Å². The van der Waals surface area contributed by atoms with Crippen LogP contribution in [-0.2, 0) is 14.3 Å². The van der Waals surface area contributed by atoms with Gasteiger partial charge in [0.05, 0.1) is 6.10 Å². The van der Waals surface area contributed by atoms with Gasteiger partial charge in [0.1, 0.15) is 6.04 Å². The van der Waals surface area contributed by atoms with Crippen LogP contribution in [0, 0.1) is 0 Å². The van der Waals surface area contributed by atoms with Gasteiger partial charge in [0.2, 0.25) is 5.91 Å². The standard InChI is InChI=1S/C17H33NO3/c1-6-9-11-12-16(19)18(13-10-7-2)15(5)17(20)21-14(4)8-3/h14-15H,6-13H2,1-5H3. The summed E-state index contributed by atoms with van der Waals surface area (Å²) in [6.07, 6.45) is 6.18. The van der Waals surface area contributed by atoms with Crippen molar-refractivity contribution >= 4 is 11.9 Å². The maximum Gasteiger partial charge on any atom is 0.328 e. The molecule has 0 spiro atoms. The monoisotopic (exact) mass is 299 g/mol. The first-order chi connectivity index (χ1) is 9.97. The third-order valence-corrected chi connectivity index (χ3v) is 3.77. The zero-order chi connectivity index (χ0) is 16.3. The minimum atomic E-state index is -0.486. The summed E-state index contributed by atoms with van der Waals surface area (Å²) >= 11 is 0. The van der Waals surface area contributed by atoms with E-state index >= 15 is 0 Å². The number of carbonyl (C=O) groups is 2. The second-order valence-electron chi connectivity index (χ2n) is 5.73. The number of carbonyl (C=O) groups excluding carboxylic acids is 2. The summed E-state index contributed by atoms with van der Waals surface area (Å²) in [4.78, 5) is 26.2. The van der Waals surface area contributed by atoms with Crippen LogP contribution in [0.3, 0.4) is 0 Å². The molecule has 21 heavy (non-hydrogen) atoms. The molecule has 0 aliphatic carbocycles. The minimum absolute atomic E-state index is 0.0745. The van der Waals surface area contributed by atoms with E-state index in [2.05, 4.69) is 13.8 Å². The smallest absolute Gasteiger partial charge is 0.328 e. The van der Waals surface area contributed by atoms with Gasteiger partial charge in [-0.05, 0) is 33.1 Å². The van der Waals surface area contributed by atoms with Gasteiger partial charge in [-0.1, -0.05) is 40.0 Å². The Balaban J connectivity index is 4.62. The number of esters is 1. The van der Waals surface area contributed by atoms with Crippen LogP contribution in [0.25, 0.3) is 0 Å². The maximum absolute atomic E-state index is 12.3. The first-order valence-corrected chi connectivity index (χ1v) is 8.47. The molecule has 4 heteroatoms. The molecule has 0 rings (SSSR count). The average Bonchev–Trinajstić information content (AvgIpc) is 2.47. The van der Waals surface area contributed by atoms with E-state index in [4.69, 9.17) is 4.74 Å². The topological polar surface area (TPSA) is 46.6 Å². The lowest BCUT2D eigenvalue weighted by Gasteiger charge is -2.29. The fraction of sp³-hybridized carbons (Fsp3) is 0.882. The Kier molecular flexibility index (Phi) is 11.0. The Morgan fingerprint density at radius 1 is 1.00 bits per heavy atom. The molecule has 0 aromatic rings. The van der Waals surface area contributed by atoms with Gasteiger partial charge in [0, 0.05) is 13.0 Å². The Morgan fingerprint density at radius 2 is 1.62 bits per heavy atom. The van der Waals surface area contributed by atoms with Crippen molar-refractivity contribution < 1.29 is 14.3 Å². The van der Waals surface area contributed by atoms with Crippen LogP contribution in [0.4, 0.5) is 0 Å². The molecule has 1 amide bonds. The van der Waals surface area contributed by atoms with E-state index in [9.17, 15) is 9.59 Å². The predicted molar refractivity (Wildman–Crippen MR) is 86.1 cm³/mol. The Labute approximate surface area is 130 Å². The van der Waals surface area contributed by atoms with Gasteiger partial charge in [-0.15, -0.1) is 0 Å². The van der Waals surface area contributed by atoms with Crippen molar-refractivity contribution in [3.63, 3.8) is 0 Å². The number of nitrogens with zero attached hydrogens (tertiary/aromatic N) is 1. The molecule has 2 atom stereocenters. The minimum Gasteiger partial charge on any atom is -0.461 e. The molecular weight excluding hydrogens is 266 g/mol. The Bertz CT molecular complexity index is 304. The summed E-state index contributed by atoms with van der Waals surface area (Å²) in [5.74, 6) is -0.213. The van der Waals surface area contributed by atoms with Gasteiger partial charge in [0.15, 0.2) is 0 Å². The van der Waals surface area contributed by atoms with E-state index in [-0.39, 0.29) is 18.0 Å². The zero-order valence-electron chi connectivity index (χ0n) is 14.5. The molecule has 0 aliphatic heterocycles. The van der Waals surface area contributed by atoms with E-state index < -0.39 is 6.04 Å². The Morgan fingerprint density at radius 3 is 2.14 bits per heavy atom. The van der Waals surface area contributed by atoms with Gasteiger partial charge < -0.3 is 9.64 Å². The second kappa shape index (κ2) is 11.6. The number of ether oxygens (including phenoxy) is 1. The van der Waals surface area contributed by atoms with Crippen LogP contribution in [0.5, 0.6) is 0 Å². The molecule has 124 valence electrons. The maximum atomic E-state index is 12.3. The second-order valence-corrected chi connectivity index (χ2v) is 5.73. The van der Waals surface area contributed by atoms with Crippen molar-refractivity contribution in [3.8, 4) is 0 Å². The molecule has 4 nitrogen and oxygen atoms in total. The van der Waals surface area contributed by atoms with Crippen molar-refractivity contribution in [3.05, 3.63) is 0 Å². The van der Waals surface area contributed by atoms with Crippen LogP contribution in [0.2, 0.25) is 0 Å². The van der Waals surface area contributed by atoms with E-state index in [1.807, 2.05) is 13.8 Å². The lowest BCUT2D eigenvalue weighted by Crippen LogP contribution is -2.45. The summed E-state index contributed by atoms with van der Waals surface area (Å²) in [7, 11) is 0. The van der Waals surface area contributed by atoms with E-state index in [1.54, 1.807) is 11.8 Å². The number of hydrogen-bond donors (Lipinski definition) is 0. The van der Waals surface area contributed by atoms with Crippen molar-refractivity contribution in [2.75, 3.05) is 6.54 Å². The molecule has 0 aromatic carbocycles. The third-order valence-electron chi connectivity index (χ3n) is 3.77.